The van der Waals surface area contributed by atoms with Crippen LogP contribution in [0.2, 0.25) is 0 Å². The molecule has 0 aliphatic carbocycles. The molecule has 1 fully saturated rings. The Kier molecular flexibility index (Phi) is 4.81. The second kappa shape index (κ2) is 7.53. The van der Waals surface area contributed by atoms with E-state index in [9.17, 15) is 9.18 Å². The monoisotopic (exact) mass is 438 g/mol. The molecule has 0 atom stereocenters. The molecule has 0 spiro atoms. The molecule has 8 heteroatoms. The topological polar surface area (TPSA) is 51.0 Å². The Hall–Kier alpha value is -3.13. The molecule has 0 N–H and O–H groups in total. The van der Waals surface area contributed by atoms with Crippen molar-refractivity contribution in [2.24, 2.45) is 0 Å². The highest BCUT2D eigenvalue weighted by Gasteiger charge is 2.39. The zero-order chi connectivity index (χ0) is 21.6. The van der Waals surface area contributed by atoms with Gasteiger partial charge in [0.05, 0.1) is 22.0 Å². The number of likely N-dealkylation sites (tertiary alicyclic amines) is 1. The highest BCUT2D eigenvalue weighted by molar-refractivity contribution is 7.20. The summed E-state index contributed by atoms with van der Waals surface area (Å²) < 4.78 is 30.4. The molecule has 3 aromatic heterocycles. The number of amides is 1. The van der Waals surface area contributed by atoms with Crippen molar-refractivity contribution in [2.45, 2.75) is 25.4 Å². The fourth-order valence-electron chi connectivity index (χ4n) is 4.01. The Balaban J connectivity index is 1.38. The van der Waals surface area contributed by atoms with Crippen LogP contribution < -0.4 is 0 Å². The maximum atomic E-state index is 15.3. The summed E-state index contributed by atoms with van der Waals surface area (Å²) in [6, 6.07) is 13.2. The molecule has 1 aromatic carbocycles. The van der Waals surface area contributed by atoms with Crippen molar-refractivity contribution >= 4 is 27.5 Å². The summed E-state index contributed by atoms with van der Waals surface area (Å²) >= 11 is 1.35. The van der Waals surface area contributed by atoms with Gasteiger partial charge in [-0.15, -0.1) is 11.3 Å². The summed E-state index contributed by atoms with van der Waals surface area (Å²) in [4.78, 5) is 20.4. The fourth-order valence-corrected chi connectivity index (χ4v) is 5.16. The molecule has 0 bridgehead atoms. The van der Waals surface area contributed by atoms with Gasteiger partial charge in [-0.2, -0.15) is 5.10 Å². The number of aryl methyl sites for hydroxylation is 1. The van der Waals surface area contributed by atoms with E-state index in [1.807, 2.05) is 13.0 Å². The molecule has 5 rings (SSSR count). The number of benzene rings is 1. The second-order valence-corrected chi connectivity index (χ2v) is 8.81. The van der Waals surface area contributed by atoms with E-state index in [2.05, 4.69) is 10.1 Å². The van der Waals surface area contributed by atoms with Crippen LogP contribution in [0.25, 0.3) is 15.9 Å². The van der Waals surface area contributed by atoms with E-state index in [1.54, 1.807) is 46.1 Å². The number of hydrogen-bond donors (Lipinski definition) is 0. The van der Waals surface area contributed by atoms with Gasteiger partial charge >= 0.3 is 0 Å². The number of aromatic nitrogens is 3. The van der Waals surface area contributed by atoms with Crippen LogP contribution in [0.15, 0.2) is 54.7 Å². The van der Waals surface area contributed by atoms with E-state index in [0.29, 0.717) is 23.7 Å². The molecule has 4 aromatic rings. The highest BCUT2D eigenvalue weighted by atomic mass is 32.1. The number of carbonyl (C=O) groups is 1. The molecule has 4 heterocycles. The van der Waals surface area contributed by atoms with Gasteiger partial charge in [-0.3, -0.25) is 9.78 Å². The molecule has 5 nitrogen and oxygen atoms in total. The van der Waals surface area contributed by atoms with Crippen LogP contribution in [0, 0.1) is 12.7 Å². The third kappa shape index (κ3) is 3.50. The van der Waals surface area contributed by atoms with Crippen molar-refractivity contribution in [3.8, 4) is 5.69 Å². The van der Waals surface area contributed by atoms with E-state index >= 15 is 4.39 Å². The molecular formula is C23H20F2N4OS. The molecule has 1 amide bonds. The van der Waals surface area contributed by atoms with Crippen LogP contribution in [-0.4, -0.2) is 38.7 Å². The van der Waals surface area contributed by atoms with Crippen molar-refractivity contribution < 1.29 is 13.6 Å². The van der Waals surface area contributed by atoms with Gasteiger partial charge in [0, 0.05) is 37.5 Å². The Morgan fingerprint density at radius 1 is 1.13 bits per heavy atom. The fraction of sp³-hybridized carbons (Fsp3) is 0.261. The first kappa shape index (κ1) is 19.8. The molecule has 1 aliphatic heterocycles. The summed E-state index contributed by atoms with van der Waals surface area (Å²) in [5.74, 6) is -0.417. The predicted octanol–water partition coefficient (Wildman–Crippen LogP) is 5.03. The highest BCUT2D eigenvalue weighted by Crippen LogP contribution is 2.37. The maximum Gasteiger partial charge on any atom is 0.264 e. The van der Waals surface area contributed by atoms with Gasteiger partial charge in [0.25, 0.3) is 5.91 Å². The van der Waals surface area contributed by atoms with Gasteiger partial charge in [0.2, 0.25) is 0 Å². The Morgan fingerprint density at radius 3 is 2.55 bits per heavy atom. The van der Waals surface area contributed by atoms with Crippen LogP contribution >= 0.6 is 11.3 Å². The van der Waals surface area contributed by atoms with Crippen molar-refractivity contribution in [1.29, 1.82) is 0 Å². The predicted molar refractivity (Wildman–Crippen MR) is 116 cm³/mol. The lowest BCUT2D eigenvalue weighted by atomic mass is 9.89. The first-order valence-corrected chi connectivity index (χ1v) is 10.9. The minimum Gasteiger partial charge on any atom is -0.338 e. The number of fused-ring (bicyclic) bond motifs is 1. The number of carbonyl (C=O) groups excluding carboxylic acids is 1. The van der Waals surface area contributed by atoms with Crippen LogP contribution in [0.3, 0.4) is 0 Å². The number of nitrogens with zero attached hydrogens (tertiary/aromatic N) is 4. The molecular weight excluding hydrogens is 418 g/mol. The van der Waals surface area contributed by atoms with E-state index < -0.39 is 5.67 Å². The summed E-state index contributed by atoms with van der Waals surface area (Å²) in [5.41, 5.74) is 0.457. The second-order valence-electron chi connectivity index (χ2n) is 7.78. The van der Waals surface area contributed by atoms with Crippen LogP contribution in [-0.2, 0) is 5.67 Å². The van der Waals surface area contributed by atoms with Crippen molar-refractivity contribution in [2.75, 3.05) is 13.1 Å². The standard InChI is InChI=1S/C23H20F2N4OS/c1-15-18-14-19(31-22(18)29(27-15)17-7-5-16(24)6-8-17)21(30)28-12-9-23(25,10-13-28)20-4-2-3-11-26-20/h2-8,11,14H,9-10,12-13H2,1H3. The van der Waals surface area contributed by atoms with E-state index in [-0.39, 0.29) is 24.6 Å². The lowest BCUT2D eigenvalue weighted by molar-refractivity contribution is 0.0406. The normalized spacial score (nSPS) is 16.0. The molecule has 158 valence electrons. The zero-order valence-corrected chi connectivity index (χ0v) is 17.7. The third-order valence-electron chi connectivity index (χ3n) is 5.79. The SMILES string of the molecule is Cc1nn(-c2ccc(F)cc2)c2sc(C(=O)N3CCC(F)(c4ccccn4)CC3)cc12. The number of halogens is 2. The molecule has 0 unspecified atom stereocenters. The molecule has 0 saturated carbocycles. The van der Waals surface area contributed by atoms with Crippen molar-refractivity contribution in [1.82, 2.24) is 19.7 Å². The largest absolute Gasteiger partial charge is 0.338 e. The van der Waals surface area contributed by atoms with Crippen LogP contribution in [0.4, 0.5) is 8.78 Å². The molecule has 1 aliphatic rings. The number of thiophene rings is 1. The van der Waals surface area contributed by atoms with Gasteiger partial charge in [0.15, 0.2) is 5.67 Å². The summed E-state index contributed by atoms with van der Waals surface area (Å²) in [6.07, 6.45) is 2.05. The Morgan fingerprint density at radius 2 is 1.87 bits per heavy atom. The minimum atomic E-state index is -1.50. The smallest absolute Gasteiger partial charge is 0.264 e. The lowest BCUT2D eigenvalue weighted by Crippen LogP contribution is -2.43. The van der Waals surface area contributed by atoms with Gasteiger partial charge in [0.1, 0.15) is 10.6 Å². The third-order valence-corrected chi connectivity index (χ3v) is 6.89. The number of alkyl halides is 1. The molecule has 31 heavy (non-hydrogen) atoms. The first-order valence-electron chi connectivity index (χ1n) is 10.1. The van der Waals surface area contributed by atoms with Crippen molar-refractivity contribution in [3.63, 3.8) is 0 Å². The number of piperidine rings is 1. The number of rotatable bonds is 3. The Bertz CT molecular complexity index is 1240. The zero-order valence-electron chi connectivity index (χ0n) is 16.9. The van der Waals surface area contributed by atoms with Gasteiger partial charge in [-0.1, -0.05) is 6.07 Å². The lowest BCUT2D eigenvalue weighted by Gasteiger charge is -2.35. The molecule has 0 radical (unpaired) electrons. The van der Waals surface area contributed by atoms with E-state index in [1.165, 1.54) is 23.5 Å². The summed E-state index contributed by atoms with van der Waals surface area (Å²) in [5, 5.41) is 5.43. The van der Waals surface area contributed by atoms with E-state index in [4.69, 9.17) is 0 Å². The van der Waals surface area contributed by atoms with Crippen LogP contribution in [0.5, 0.6) is 0 Å². The quantitative estimate of drug-likeness (QED) is 0.451. The average molecular weight is 439 g/mol. The van der Waals surface area contributed by atoms with Gasteiger partial charge < -0.3 is 4.90 Å². The van der Waals surface area contributed by atoms with Gasteiger partial charge in [-0.05, 0) is 49.4 Å². The first-order chi connectivity index (χ1) is 14.9. The minimum absolute atomic E-state index is 0.102. The average Bonchev–Trinajstić information content (AvgIpc) is 3.36. The van der Waals surface area contributed by atoms with Gasteiger partial charge in [-0.25, -0.2) is 13.5 Å². The number of hydrogen-bond acceptors (Lipinski definition) is 4. The summed E-state index contributed by atoms with van der Waals surface area (Å²) in [6.45, 7) is 2.56. The maximum absolute atomic E-state index is 15.3. The summed E-state index contributed by atoms with van der Waals surface area (Å²) in [7, 11) is 0. The van der Waals surface area contributed by atoms with Crippen molar-refractivity contribution in [3.05, 3.63) is 76.8 Å². The van der Waals surface area contributed by atoms with E-state index in [0.717, 1.165) is 21.6 Å². The Labute approximate surface area is 181 Å². The van der Waals surface area contributed by atoms with Crippen LogP contribution in [0.1, 0.15) is 33.9 Å². The molecule has 1 saturated heterocycles. The number of pyridine rings is 1.